The number of hydrogen-bond acceptors (Lipinski definition) is 7. The molecule has 0 atom stereocenters. The SMILES string of the molecule is C=CCc1ccc(OCCOc2c(Br)cc(/C=C3/C(=N)N4C(c5ccccc5)=CSC4=NC3=O)cc2OC)c(OC)c1. The molecular weight excluding hydrogens is 618 g/mol. The number of carbonyl (C=O) groups excluding carboxylic acids is 1. The van der Waals surface area contributed by atoms with Crippen molar-refractivity contribution in [1.29, 1.82) is 5.41 Å². The number of hydrogen-bond donors (Lipinski definition) is 1. The van der Waals surface area contributed by atoms with Gasteiger partial charge in [-0.05, 0) is 69.4 Å². The van der Waals surface area contributed by atoms with Crippen molar-refractivity contribution in [2.24, 2.45) is 4.99 Å². The van der Waals surface area contributed by atoms with Gasteiger partial charge in [-0.3, -0.25) is 15.1 Å². The van der Waals surface area contributed by atoms with Gasteiger partial charge in [-0.15, -0.1) is 6.58 Å². The summed E-state index contributed by atoms with van der Waals surface area (Å²) < 4.78 is 23.6. The molecule has 3 aromatic carbocycles. The molecule has 0 aromatic heterocycles. The number of aliphatic imine (C=N–C) groups is 1. The normalized spacial score (nSPS) is 15.2. The minimum Gasteiger partial charge on any atom is -0.493 e. The Labute approximate surface area is 257 Å². The van der Waals surface area contributed by atoms with Gasteiger partial charge in [0.25, 0.3) is 5.91 Å². The van der Waals surface area contributed by atoms with Crippen molar-refractivity contribution in [3.05, 3.63) is 105 Å². The maximum atomic E-state index is 12.9. The average Bonchev–Trinajstić information content (AvgIpc) is 3.43. The van der Waals surface area contributed by atoms with E-state index in [-0.39, 0.29) is 24.6 Å². The van der Waals surface area contributed by atoms with Crippen molar-refractivity contribution >= 4 is 56.4 Å². The standard InChI is InChI=1S/C32H28BrN3O5S/c1-4-8-20-11-12-26(27(17-20)38-2)40-13-14-41-29-24(33)16-21(18-28(29)39-3)15-23-30(34)36-25(22-9-6-5-7-10-22)19-42-32(36)35-31(23)37/h4-7,9-12,15-19,34H,1,8,13-14H2,2-3H3/b23-15-,34-30?. The second-order valence-corrected chi connectivity index (χ2v) is 10.8. The van der Waals surface area contributed by atoms with Gasteiger partial charge >= 0.3 is 0 Å². The predicted octanol–water partition coefficient (Wildman–Crippen LogP) is 6.96. The van der Waals surface area contributed by atoms with Crippen molar-refractivity contribution in [1.82, 2.24) is 4.90 Å². The lowest BCUT2D eigenvalue weighted by atomic mass is 10.1. The molecule has 8 nitrogen and oxygen atoms in total. The number of amidine groups is 2. The fraction of sp³-hybridized carbons (Fsp3) is 0.156. The molecule has 214 valence electrons. The van der Waals surface area contributed by atoms with Gasteiger partial charge in [-0.25, -0.2) is 0 Å². The molecule has 0 aliphatic carbocycles. The van der Waals surface area contributed by atoms with Crippen LogP contribution in [-0.2, 0) is 11.2 Å². The molecule has 2 aliphatic heterocycles. The lowest BCUT2D eigenvalue weighted by molar-refractivity contribution is -0.114. The molecule has 10 heteroatoms. The molecule has 5 rings (SSSR count). The fourth-order valence-corrected chi connectivity index (χ4v) is 5.93. The summed E-state index contributed by atoms with van der Waals surface area (Å²) in [5, 5.41) is 11.3. The zero-order valence-electron chi connectivity index (χ0n) is 23.1. The summed E-state index contributed by atoms with van der Waals surface area (Å²) in [6, 6.07) is 19.0. The quantitative estimate of drug-likeness (QED) is 0.137. The number of benzene rings is 3. The molecule has 3 aromatic rings. The molecule has 0 radical (unpaired) electrons. The molecule has 0 unspecified atom stereocenters. The number of ether oxygens (including phenoxy) is 4. The zero-order chi connectivity index (χ0) is 29.6. The number of methoxy groups -OCH3 is 2. The molecule has 2 heterocycles. The molecule has 0 fully saturated rings. The number of halogens is 1. The van der Waals surface area contributed by atoms with Crippen LogP contribution in [0.5, 0.6) is 23.0 Å². The van der Waals surface area contributed by atoms with Gasteiger partial charge in [0, 0.05) is 5.41 Å². The first-order chi connectivity index (χ1) is 20.4. The number of allylic oxidation sites excluding steroid dienone is 1. The Morgan fingerprint density at radius 2 is 1.76 bits per heavy atom. The van der Waals surface area contributed by atoms with Gasteiger partial charge in [0.2, 0.25) is 0 Å². The van der Waals surface area contributed by atoms with Gasteiger partial charge in [-0.1, -0.05) is 54.2 Å². The van der Waals surface area contributed by atoms with E-state index >= 15 is 0 Å². The largest absolute Gasteiger partial charge is 0.493 e. The zero-order valence-corrected chi connectivity index (χ0v) is 25.5. The van der Waals surface area contributed by atoms with Crippen molar-refractivity contribution < 1.29 is 23.7 Å². The third kappa shape index (κ3) is 6.14. The van der Waals surface area contributed by atoms with Crippen LogP contribution in [0.2, 0.25) is 0 Å². The van der Waals surface area contributed by atoms with E-state index in [9.17, 15) is 4.79 Å². The topological polar surface area (TPSA) is 93.4 Å². The van der Waals surface area contributed by atoms with Crippen LogP contribution >= 0.6 is 27.7 Å². The highest BCUT2D eigenvalue weighted by molar-refractivity contribution is 9.10. The highest BCUT2D eigenvalue weighted by Crippen LogP contribution is 2.40. The monoisotopic (exact) mass is 645 g/mol. The summed E-state index contributed by atoms with van der Waals surface area (Å²) in [6.07, 6.45) is 4.22. The molecule has 2 aliphatic rings. The third-order valence-electron chi connectivity index (χ3n) is 6.44. The van der Waals surface area contributed by atoms with E-state index in [0.29, 0.717) is 38.2 Å². The molecule has 1 N–H and O–H groups in total. The molecule has 0 bridgehead atoms. The summed E-state index contributed by atoms with van der Waals surface area (Å²) in [7, 11) is 3.15. The summed E-state index contributed by atoms with van der Waals surface area (Å²) in [5.74, 6) is 1.81. The molecule has 0 spiro atoms. The van der Waals surface area contributed by atoms with Crippen LogP contribution in [-0.4, -0.2) is 49.2 Å². The smallest absolute Gasteiger partial charge is 0.283 e. The maximum Gasteiger partial charge on any atom is 0.283 e. The van der Waals surface area contributed by atoms with E-state index in [1.807, 2.05) is 60.0 Å². The van der Waals surface area contributed by atoms with E-state index < -0.39 is 5.91 Å². The number of amides is 1. The van der Waals surface area contributed by atoms with E-state index in [1.165, 1.54) is 11.8 Å². The predicted molar refractivity (Wildman–Crippen MR) is 171 cm³/mol. The van der Waals surface area contributed by atoms with Crippen LogP contribution in [0.4, 0.5) is 0 Å². The summed E-state index contributed by atoms with van der Waals surface area (Å²) in [6.45, 7) is 4.29. The molecular formula is C32H28BrN3O5S. The first kappa shape index (κ1) is 29.2. The number of carbonyl (C=O) groups is 1. The van der Waals surface area contributed by atoms with E-state index in [0.717, 1.165) is 23.2 Å². The molecule has 42 heavy (non-hydrogen) atoms. The van der Waals surface area contributed by atoms with E-state index in [4.69, 9.17) is 24.4 Å². The highest BCUT2D eigenvalue weighted by atomic mass is 79.9. The first-order valence-corrected chi connectivity index (χ1v) is 14.7. The Kier molecular flexibility index (Phi) is 9.14. The number of thioether (sulfide) groups is 1. The Morgan fingerprint density at radius 1 is 1.00 bits per heavy atom. The van der Waals surface area contributed by atoms with Gasteiger partial charge in [-0.2, -0.15) is 4.99 Å². The number of fused-ring (bicyclic) bond motifs is 1. The van der Waals surface area contributed by atoms with Crippen molar-refractivity contribution in [3.8, 4) is 23.0 Å². The average molecular weight is 647 g/mol. The summed E-state index contributed by atoms with van der Waals surface area (Å²) in [5.41, 5.74) is 3.64. The molecule has 0 saturated heterocycles. The molecule has 1 amide bonds. The minimum absolute atomic E-state index is 0.0608. The Bertz CT molecular complexity index is 1630. The van der Waals surface area contributed by atoms with Crippen LogP contribution in [0.25, 0.3) is 11.8 Å². The Morgan fingerprint density at radius 3 is 2.50 bits per heavy atom. The summed E-state index contributed by atoms with van der Waals surface area (Å²) in [4.78, 5) is 18.9. The first-order valence-electron chi connectivity index (χ1n) is 13.0. The van der Waals surface area contributed by atoms with Crippen molar-refractivity contribution in [2.45, 2.75) is 6.42 Å². The van der Waals surface area contributed by atoms with Gasteiger partial charge < -0.3 is 18.9 Å². The van der Waals surface area contributed by atoms with Crippen LogP contribution in [0.3, 0.4) is 0 Å². The second-order valence-electron chi connectivity index (χ2n) is 9.14. The number of nitrogens with zero attached hydrogens (tertiary/aromatic N) is 2. The van der Waals surface area contributed by atoms with E-state index in [1.54, 1.807) is 37.3 Å². The third-order valence-corrected chi connectivity index (χ3v) is 7.86. The van der Waals surface area contributed by atoms with Gasteiger partial charge in [0.05, 0.1) is 30.0 Å². The van der Waals surface area contributed by atoms with Crippen LogP contribution < -0.4 is 18.9 Å². The fourth-order valence-electron chi connectivity index (χ4n) is 4.46. The van der Waals surface area contributed by atoms with Crippen LogP contribution in [0.15, 0.2) is 93.8 Å². The second kappa shape index (κ2) is 13.1. The van der Waals surface area contributed by atoms with Crippen molar-refractivity contribution in [2.75, 3.05) is 27.4 Å². The van der Waals surface area contributed by atoms with E-state index in [2.05, 4.69) is 27.5 Å². The van der Waals surface area contributed by atoms with Gasteiger partial charge in [0.15, 0.2) is 28.2 Å². The Hall–Kier alpha value is -4.28. The van der Waals surface area contributed by atoms with Gasteiger partial charge in [0.1, 0.15) is 19.0 Å². The Balaban J connectivity index is 1.30. The van der Waals surface area contributed by atoms with Crippen LogP contribution in [0.1, 0.15) is 16.7 Å². The highest BCUT2D eigenvalue weighted by Gasteiger charge is 2.36. The lowest BCUT2D eigenvalue weighted by Crippen LogP contribution is -2.38. The summed E-state index contributed by atoms with van der Waals surface area (Å²) >= 11 is 4.90. The number of rotatable bonds is 11. The molecule has 0 saturated carbocycles. The maximum absolute atomic E-state index is 12.9. The number of nitrogens with one attached hydrogen (secondary N) is 1. The minimum atomic E-state index is -0.470. The lowest BCUT2D eigenvalue weighted by Gasteiger charge is -2.27. The van der Waals surface area contributed by atoms with Crippen molar-refractivity contribution in [3.63, 3.8) is 0 Å². The van der Waals surface area contributed by atoms with Crippen LogP contribution in [0, 0.1) is 5.41 Å².